The average Bonchev–Trinajstić information content (AvgIpc) is 2.79. The van der Waals surface area contributed by atoms with Gasteiger partial charge in [0.1, 0.15) is 19.8 Å². The van der Waals surface area contributed by atoms with Crippen LogP contribution < -0.4 is 9.47 Å². The van der Waals surface area contributed by atoms with Crippen LogP contribution in [0.3, 0.4) is 0 Å². The number of hydrogen-bond donors (Lipinski definition) is 1. The molecule has 2 aromatic rings. The summed E-state index contributed by atoms with van der Waals surface area (Å²) in [5.74, 6) is 0.601. The van der Waals surface area contributed by atoms with Crippen LogP contribution in [0.1, 0.15) is 25.3 Å². The Hall–Kier alpha value is -2.17. The molecule has 0 bridgehead atoms. The number of hydrogen-bond acceptors (Lipinski definition) is 3. The number of fused-ring (bicyclic) bond motifs is 2. The first-order valence-corrected chi connectivity index (χ1v) is 7.32. The van der Waals surface area contributed by atoms with Crippen LogP contribution in [-0.4, -0.2) is 28.9 Å². The Morgan fingerprint density at radius 2 is 2.00 bits per heavy atom. The molecule has 0 aliphatic carbocycles. The molecule has 0 spiro atoms. The number of benzene rings is 1. The molecule has 0 atom stereocenters. The molecule has 112 valence electrons. The molecule has 0 saturated heterocycles. The monoisotopic (exact) mass is 289 g/mol. The summed E-state index contributed by atoms with van der Waals surface area (Å²) < 4.78 is 13.0. The summed E-state index contributed by atoms with van der Waals surface area (Å²) in [7, 11) is 0. The van der Waals surface area contributed by atoms with E-state index in [1.54, 1.807) is 4.57 Å². The first-order valence-electron chi connectivity index (χ1n) is 7.32. The SMILES string of the molecule is CCCCc1cn(CC(=O)O)c2cc3c(cc12)OCCO3. The fourth-order valence-corrected chi connectivity index (χ4v) is 2.74. The van der Waals surface area contributed by atoms with Gasteiger partial charge in [-0.25, -0.2) is 0 Å². The fraction of sp³-hybridized carbons (Fsp3) is 0.438. The molecule has 0 saturated carbocycles. The van der Waals surface area contributed by atoms with Crippen molar-refractivity contribution in [2.24, 2.45) is 0 Å². The Labute approximate surface area is 123 Å². The van der Waals surface area contributed by atoms with Crippen molar-refractivity contribution in [3.05, 3.63) is 23.9 Å². The molecule has 3 rings (SSSR count). The first-order chi connectivity index (χ1) is 10.2. The van der Waals surface area contributed by atoms with Gasteiger partial charge in [-0.1, -0.05) is 13.3 Å². The number of ether oxygens (including phenoxy) is 2. The van der Waals surface area contributed by atoms with E-state index in [4.69, 9.17) is 14.6 Å². The number of carboxylic acid groups (broad SMARTS) is 1. The minimum absolute atomic E-state index is 0.0394. The third kappa shape index (κ3) is 2.68. The van der Waals surface area contributed by atoms with Gasteiger partial charge in [0.15, 0.2) is 11.5 Å². The van der Waals surface area contributed by atoms with E-state index in [1.165, 1.54) is 5.56 Å². The molecular weight excluding hydrogens is 270 g/mol. The van der Waals surface area contributed by atoms with Crippen molar-refractivity contribution in [1.82, 2.24) is 4.57 Å². The van der Waals surface area contributed by atoms with Gasteiger partial charge in [0, 0.05) is 17.6 Å². The predicted molar refractivity (Wildman–Crippen MR) is 79.2 cm³/mol. The van der Waals surface area contributed by atoms with E-state index >= 15 is 0 Å². The summed E-state index contributed by atoms with van der Waals surface area (Å²) in [6.45, 7) is 3.19. The highest BCUT2D eigenvalue weighted by Crippen LogP contribution is 2.37. The Kier molecular flexibility index (Phi) is 3.73. The van der Waals surface area contributed by atoms with Gasteiger partial charge in [-0.05, 0) is 24.5 Å². The van der Waals surface area contributed by atoms with Crippen LogP contribution in [-0.2, 0) is 17.8 Å². The minimum Gasteiger partial charge on any atom is -0.486 e. The maximum atomic E-state index is 11.0. The number of aromatic nitrogens is 1. The van der Waals surface area contributed by atoms with Gasteiger partial charge in [0.2, 0.25) is 0 Å². The van der Waals surface area contributed by atoms with Crippen molar-refractivity contribution in [1.29, 1.82) is 0 Å². The summed E-state index contributed by atoms with van der Waals surface area (Å²) in [5.41, 5.74) is 2.07. The predicted octanol–water partition coefficient (Wildman–Crippen LogP) is 2.84. The van der Waals surface area contributed by atoms with Gasteiger partial charge in [-0.3, -0.25) is 4.79 Å². The number of carboxylic acids is 1. The second-order valence-electron chi connectivity index (χ2n) is 5.29. The molecule has 0 amide bonds. The number of nitrogens with zero attached hydrogens (tertiary/aromatic N) is 1. The maximum absolute atomic E-state index is 11.0. The average molecular weight is 289 g/mol. The lowest BCUT2D eigenvalue weighted by atomic mass is 10.1. The zero-order chi connectivity index (χ0) is 14.8. The third-order valence-electron chi connectivity index (χ3n) is 3.73. The molecule has 0 radical (unpaired) electrons. The molecule has 1 aromatic heterocycles. The molecule has 2 heterocycles. The van der Waals surface area contributed by atoms with E-state index in [0.717, 1.165) is 35.9 Å². The van der Waals surface area contributed by atoms with E-state index < -0.39 is 5.97 Å². The van der Waals surface area contributed by atoms with Crippen molar-refractivity contribution in [2.45, 2.75) is 32.7 Å². The molecule has 1 aliphatic rings. The molecular formula is C16H19NO4. The molecule has 0 fully saturated rings. The van der Waals surface area contributed by atoms with Crippen molar-refractivity contribution in [3.63, 3.8) is 0 Å². The van der Waals surface area contributed by atoms with E-state index in [0.29, 0.717) is 19.0 Å². The summed E-state index contributed by atoms with van der Waals surface area (Å²) in [6, 6.07) is 3.87. The molecule has 1 aliphatic heterocycles. The molecule has 5 nitrogen and oxygen atoms in total. The zero-order valence-electron chi connectivity index (χ0n) is 12.1. The van der Waals surface area contributed by atoms with Crippen LogP contribution >= 0.6 is 0 Å². The van der Waals surface area contributed by atoms with Gasteiger partial charge in [-0.2, -0.15) is 0 Å². The zero-order valence-corrected chi connectivity index (χ0v) is 12.1. The Bertz CT molecular complexity index is 674. The molecule has 0 unspecified atom stereocenters. The highest BCUT2D eigenvalue weighted by Gasteiger charge is 2.18. The second kappa shape index (κ2) is 5.68. The van der Waals surface area contributed by atoms with Crippen molar-refractivity contribution >= 4 is 16.9 Å². The van der Waals surface area contributed by atoms with Crippen molar-refractivity contribution in [3.8, 4) is 11.5 Å². The summed E-state index contributed by atoms with van der Waals surface area (Å²) in [5, 5.41) is 10.1. The minimum atomic E-state index is -0.844. The largest absolute Gasteiger partial charge is 0.486 e. The highest BCUT2D eigenvalue weighted by molar-refractivity contribution is 5.88. The summed E-state index contributed by atoms with van der Waals surface area (Å²) in [4.78, 5) is 11.0. The van der Waals surface area contributed by atoms with Crippen molar-refractivity contribution < 1.29 is 19.4 Å². The second-order valence-corrected chi connectivity index (χ2v) is 5.29. The molecule has 1 N–H and O–H groups in total. The lowest BCUT2D eigenvalue weighted by Crippen LogP contribution is -2.15. The number of carbonyl (C=O) groups is 1. The summed E-state index contributed by atoms with van der Waals surface area (Å²) in [6.07, 6.45) is 5.08. The molecule has 1 aromatic carbocycles. The van der Waals surface area contributed by atoms with Crippen molar-refractivity contribution in [2.75, 3.05) is 13.2 Å². The maximum Gasteiger partial charge on any atom is 0.323 e. The van der Waals surface area contributed by atoms with Gasteiger partial charge in [-0.15, -0.1) is 0 Å². The van der Waals surface area contributed by atoms with Gasteiger partial charge >= 0.3 is 5.97 Å². The van der Waals surface area contributed by atoms with Crippen LogP contribution in [0.15, 0.2) is 18.3 Å². The van der Waals surface area contributed by atoms with Gasteiger partial charge in [0.05, 0.1) is 5.52 Å². The number of aryl methyl sites for hydroxylation is 1. The van der Waals surface area contributed by atoms with Gasteiger partial charge in [0.25, 0.3) is 0 Å². The van der Waals surface area contributed by atoms with E-state index in [2.05, 4.69) is 6.92 Å². The normalized spacial score (nSPS) is 13.6. The van der Waals surface area contributed by atoms with Crippen LogP contribution in [0.4, 0.5) is 0 Å². The Morgan fingerprint density at radius 1 is 1.29 bits per heavy atom. The molecule has 21 heavy (non-hydrogen) atoms. The lowest BCUT2D eigenvalue weighted by Gasteiger charge is -2.18. The van der Waals surface area contributed by atoms with Crippen LogP contribution in [0.5, 0.6) is 11.5 Å². The summed E-state index contributed by atoms with van der Waals surface area (Å²) >= 11 is 0. The topological polar surface area (TPSA) is 60.7 Å². The Morgan fingerprint density at radius 3 is 2.67 bits per heavy atom. The quantitative estimate of drug-likeness (QED) is 0.919. The van der Waals surface area contributed by atoms with Crippen LogP contribution in [0.25, 0.3) is 10.9 Å². The van der Waals surface area contributed by atoms with E-state index in [-0.39, 0.29) is 6.54 Å². The smallest absolute Gasteiger partial charge is 0.323 e. The lowest BCUT2D eigenvalue weighted by molar-refractivity contribution is -0.137. The third-order valence-corrected chi connectivity index (χ3v) is 3.73. The standard InChI is InChI=1S/C16H19NO4/c1-2-3-4-11-9-17(10-16(18)19)13-8-15-14(7-12(11)13)20-5-6-21-15/h7-9H,2-6,10H2,1H3,(H,18,19). The van der Waals surface area contributed by atoms with E-state index in [9.17, 15) is 4.79 Å². The number of unbranched alkanes of at least 4 members (excludes halogenated alkanes) is 1. The Balaban J connectivity index is 2.10. The fourth-order valence-electron chi connectivity index (χ4n) is 2.74. The van der Waals surface area contributed by atoms with Crippen LogP contribution in [0, 0.1) is 0 Å². The highest BCUT2D eigenvalue weighted by atomic mass is 16.6. The number of aliphatic carboxylic acids is 1. The molecule has 5 heteroatoms. The van der Waals surface area contributed by atoms with Crippen LogP contribution in [0.2, 0.25) is 0 Å². The van der Waals surface area contributed by atoms with E-state index in [1.807, 2.05) is 18.3 Å². The number of rotatable bonds is 5. The van der Waals surface area contributed by atoms with Gasteiger partial charge < -0.3 is 19.1 Å². The first kappa shape index (κ1) is 13.8.